The van der Waals surface area contributed by atoms with Gasteiger partial charge in [0.1, 0.15) is 5.83 Å². The Morgan fingerprint density at radius 3 is 2.87 bits per heavy atom. The average Bonchev–Trinajstić information content (AvgIpc) is 3.43. The highest BCUT2D eigenvalue weighted by Gasteiger charge is 2.56. The van der Waals surface area contributed by atoms with E-state index < -0.39 is 0 Å². The van der Waals surface area contributed by atoms with Crippen molar-refractivity contribution in [3.05, 3.63) is 53.8 Å². The van der Waals surface area contributed by atoms with Gasteiger partial charge in [0, 0.05) is 23.6 Å². The lowest BCUT2D eigenvalue weighted by atomic mass is 9.71. The van der Waals surface area contributed by atoms with Crippen molar-refractivity contribution in [2.24, 2.45) is 17.3 Å². The predicted octanol–water partition coefficient (Wildman–Crippen LogP) is 4.25. The molecule has 3 atom stereocenters. The zero-order valence-electron chi connectivity index (χ0n) is 17.1. The molecule has 0 bridgehead atoms. The second-order valence-corrected chi connectivity index (χ2v) is 8.73. The molecule has 1 saturated heterocycles. The molecule has 2 aromatic heterocycles. The molecule has 156 valence electrons. The van der Waals surface area contributed by atoms with E-state index in [1.807, 2.05) is 32.1 Å². The molecule has 3 aliphatic rings. The van der Waals surface area contributed by atoms with Gasteiger partial charge in [-0.15, -0.1) is 0 Å². The summed E-state index contributed by atoms with van der Waals surface area (Å²) in [4.78, 5) is 17.4. The van der Waals surface area contributed by atoms with Crippen LogP contribution in [0.2, 0.25) is 0 Å². The van der Waals surface area contributed by atoms with Gasteiger partial charge in [-0.05, 0) is 62.3 Å². The molecule has 2 aromatic rings. The van der Waals surface area contributed by atoms with E-state index in [0.717, 1.165) is 35.5 Å². The Hall–Kier alpha value is -2.80. The third kappa shape index (κ3) is 3.37. The van der Waals surface area contributed by atoms with Crippen molar-refractivity contribution in [2.75, 3.05) is 11.9 Å². The van der Waals surface area contributed by atoms with Gasteiger partial charge in [0.25, 0.3) is 0 Å². The molecule has 1 spiro atoms. The second-order valence-electron chi connectivity index (χ2n) is 8.73. The molecule has 0 radical (unpaired) electrons. The fourth-order valence-electron chi connectivity index (χ4n) is 4.92. The van der Waals surface area contributed by atoms with E-state index in [4.69, 9.17) is 4.74 Å². The van der Waals surface area contributed by atoms with E-state index in [0.29, 0.717) is 18.7 Å². The Labute approximate surface area is 174 Å². The first-order valence-electron chi connectivity index (χ1n) is 10.4. The average molecular weight is 408 g/mol. The Morgan fingerprint density at radius 1 is 1.37 bits per heavy atom. The molecule has 1 saturated carbocycles. The van der Waals surface area contributed by atoms with Gasteiger partial charge in [0.2, 0.25) is 5.91 Å². The minimum absolute atomic E-state index is 0.0408. The first-order valence-corrected chi connectivity index (χ1v) is 10.4. The topological polar surface area (TPSA) is 79.9 Å². The zero-order valence-corrected chi connectivity index (χ0v) is 17.1. The number of fused-ring (bicyclic) bond motifs is 1. The van der Waals surface area contributed by atoms with Crippen LogP contribution in [0.5, 0.6) is 0 Å². The summed E-state index contributed by atoms with van der Waals surface area (Å²) < 4.78 is 19.5. The summed E-state index contributed by atoms with van der Waals surface area (Å²) in [6, 6.07) is 3.76. The molecule has 5 rings (SSSR count). The van der Waals surface area contributed by atoms with Gasteiger partial charge in [-0.1, -0.05) is 6.08 Å². The highest BCUT2D eigenvalue weighted by atomic mass is 19.1. The number of halogens is 1. The minimum Gasteiger partial charge on any atom is -0.373 e. The first kappa shape index (κ1) is 19.2. The summed E-state index contributed by atoms with van der Waals surface area (Å²) >= 11 is 0. The smallest absolute Gasteiger partial charge is 0.224 e. The molecule has 2 aliphatic carbocycles. The number of aromatic nitrogens is 3. The number of pyridine rings is 1. The highest BCUT2D eigenvalue weighted by Crippen LogP contribution is 2.59. The fraction of sp³-hybridized carbons (Fsp3) is 0.435. The van der Waals surface area contributed by atoms with E-state index in [1.165, 1.54) is 12.2 Å². The zero-order chi connectivity index (χ0) is 20.9. The first-order chi connectivity index (χ1) is 14.4. The van der Waals surface area contributed by atoms with Crippen molar-refractivity contribution in [2.45, 2.75) is 39.2 Å². The van der Waals surface area contributed by atoms with Crippen LogP contribution in [0.4, 0.5) is 10.1 Å². The molecule has 6 nitrogen and oxygen atoms in total. The number of nitrogens with zero attached hydrogens (tertiary/aromatic N) is 2. The van der Waals surface area contributed by atoms with Gasteiger partial charge < -0.3 is 10.1 Å². The quantitative estimate of drug-likeness (QED) is 0.793. The van der Waals surface area contributed by atoms with E-state index >= 15 is 0 Å². The third-order valence-electron chi connectivity index (χ3n) is 6.72. The van der Waals surface area contributed by atoms with Crippen molar-refractivity contribution in [1.29, 1.82) is 0 Å². The SMILES string of the molecule is Cc1n[nH]c(C)c1-c1ccc(NC(=O)CC2C3C=CC(F)=CC3OCC23CC3)cn1. The number of carbonyl (C=O) groups is 1. The molecule has 7 heteroatoms. The number of ether oxygens (including phenoxy) is 1. The van der Waals surface area contributed by atoms with Crippen LogP contribution in [0.25, 0.3) is 11.3 Å². The number of anilines is 1. The molecule has 2 fully saturated rings. The number of aromatic amines is 1. The standard InChI is InChI=1S/C23H25FN4O2/c1-13-22(14(2)28-27-13)19-6-4-16(11-25-19)26-21(29)10-18-17-5-3-15(24)9-20(17)30-12-23(18)7-8-23/h3-6,9,11,17-18,20H,7-8,10,12H2,1-2H3,(H,26,29)(H,27,28). The summed E-state index contributed by atoms with van der Waals surface area (Å²) in [5.41, 5.74) is 4.39. The molecular weight excluding hydrogens is 383 g/mol. The van der Waals surface area contributed by atoms with Gasteiger partial charge in [0.05, 0.1) is 36.0 Å². The molecule has 1 aliphatic heterocycles. The maximum atomic E-state index is 13.6. The lowest BCUT2D eigenvalue weighted by Crippen LogP contribution is -2.44. The summed E-state index contributed by atoms with van der Waals surface area (Å²) in [6.07, 6.45) is 8.84. The van der Waals surface area contributed by atoms with Crippen molar-refractivity contribution in [3.8, 4) is 11.3 Å². The normalized spacial score (nSPS) is 26.2. The van der Waals surface area contributed by atoms with Crippen molar-refractivity contribution < 1.29 is 13.9 Å². The van der Waals surface area contributed by atoms with E-state index in [-0.39, 0.29) is 35.1 Å². The van der Waals surface area contributed by atoms with Crippen LogP contribution < -0.4 is 5.32 Å². The number of hydrogen-bond acceptors (Lipinski definition) is 4. The van der Waals surface area contributed by atoms with Crippen LogP contribution in [0, 0.1) is 31.1 Å². The Balaban J connectivity index is 1.28. The van der Waals surface area contributed by atoms with Crippen LogP contribution in [0.3, 0.4) is 0 Å². The maximum Gasteiger partial charge on any atom is 0.224 e. The number of aryl methyl sites for hydroxylation is 2. The highest BCUT2D eigenvalue weighted by molar-refractivity contribution is 5.91. The van der Waals surface area contributed by atoms with Gasteiger partial charge in [-0.2, -0.15) is 5.10 Å². The minimum atomic E-state index is -0.276. The van der Waals surface area contributed by atoms with Crippen LogP contribution in [-0.4, -0.2) is 33.8 Å². The molecule has 30 heavy (non-hydrogen) atoms. The number of allylic oxidation sites excluding steroid dienone is 2. The number of H-pyrrole nitrogens is 1. The number of rotatable bonds is 4. The van der Waals surface area contributed by atoms with E-state index in [1.54, 1.807) is 6.20 Å². The van der Waals surface area contributed by atoms with Crippen LogP contribution in [0.1, 0.15) is 30.7 Å². The molecule has 3 unspecified atom stereocenters. The number of nitrogens with one attached hydrogen (secondary N) is 2. The van der Waals surface area contributed by atoms with Gasteiger partial charge in [0.15, 0.2) is 0 Å². The molecular formula is C23H25FN4O2. The largest absolute Gasteiger partial charge is 0.373 e. The van der Waals surface area contributed by atoms with Crippen LogP contribution in [-0.2, 0) is 9.53 Å². The summed E-state index contributed by atoms with van der Waals surface area (Å²) in [5.74, 6) is -0.111. The predicted molar refractivity (Wildman–Crippen MR) is 111 cm³/mol. The van der Waals surface area contributed by atoms with E-state index in [9.17, 15) is 9.18 Å². The van der Waals surface area contributed by atoms with Gasteiger partial charge >= 0.3 is 0 Å². The molecule has 0 aromatic carbocycles. The fourth-order valence-corrected chi connectivity index (χ4v) is 4.92. The van der Waals surface area contributed by atoms with Gasteiger partial charge in [-0.3, -0.25) is 14.9 Å². The second kappa shape index (κ2) is 7.16. The molecule has 2 N–H and O–H groups in total. The number of carbonyl (C=O) groups excluding carboxylic acids is 1. The van der Waals surface area contributed by atoms with Crippen molar-refractivity contribution in [1.82, 2.24) is 15.2 Å². The Bertz CT molecular complexity index is 1020. The molecule has 1 amide bonds. The van der Waals surface area contributed by atoms with Gasteiger partial charge in [-0.25, -0.2) is 4.39 Å². The maximum absolute atomic E-state index is 13.6. The monoisotopic (exact) mass is 408 g/mol. The Morgan fingerprint density at radius 2 is 2.20 bits per heavy atom. The van der Waals surface area contributed by atoms with Crippen LogP contribution >= 0.6 is 0 Å². The Kier molecular flexibility index (Phi) is 4.58. The van der Waals surface area contributed by atoms with Crippen molar-refractivity contribution in [3.63, 3.8) is 0 Å². The number of hydrogen-bond donors (Lipinski definition) is 2. The summed E-state index contributed by atoms with van der Waals surface area (Å²) in [6.45, 7) is 4.50. The van der Waals surface area contributed by atoms with E-state index in [2.05, 4.69) is 20.5 Å². The lowest BCUT2D eigenvalue weighted by molar-refractivity contribution is -0.122. The lowest BCUT2D eigenvalue weighted by Gasteiger charge is -2.42. The summed E-state index contributed by atoms with van der Waals surface area (Å²) in [7, 11) is 0. The van der Waals surface area contributed by atoms with Crippen LogP contribution in [0.15, 0.2) is 42.4 Å². The summed E-state index contributed by atoms with van der Waals surface area (Å²) in [5, 5.41) is 10.2. The molecule has 3 heterocycles. The van der Waals surface area contributed by atoms with Crippen molar-refractivity contribution >= 4 is 11.6 Å². The third-order valence-corrected chi connectivity index (χ3v) is 6.72. The number of amides is 1.